The predicted octanol–water partition coefficient (Wildman–Crippen LogP) is 0.411. The molecule has 112 valence electrons. The molecule has 0 spiro atoms. The molecule has 1 saturated heterocycles. The number of amides is 1. The molecule has 0 aromatic carbocycles. The molecule has 0 saturated carbocycles. The molecule has 0 bridgehead atoms. The second kappa shape index (κ2) is 8.51. The number of nitrogens with one attached hydrogen (secondary N) is 1. The maximum atomic E-state index is 12.2. The lowest BCUT2D eigenvalue weighted by molar-refractivity contribution is -0.127. The summed E-state index contributed by atoms with van der Waals surface area (Å²) in [6.07, 6.45) is 1.01. The lowest BCUT2D eigenvalue weighted by Gasteiger charge is -2.30. The first-order valence-electron chi connectivity index (χ1n) is 7.30. The fourth-order valence-electron chi connectivity index (χ4n) is 2.49. The number of hydrogen-bond donors (Lipinski definition) is 1. The number of rotatable bonds is 7. The average Bonchev–Trinajstić information content (AvgIpc) is 2.39. The van der Waals surface area contributed by atoms with Crippen LogP contribution in [0.2, 0.25) is 0 Å². The lowest BCUT2D eigenvalue weighted by atomic mass is 9.97. The van der Waals surface area contributed by atoms with E-state index in [4.69, 9.17) is 4.74 Å². The van der Waals surface area contributed by atoms with E-state index >= 15 is 0 Å². The number of nitrogens with zero attached hydrogens (tertiary/aromatic N) is 2. The maximum absolute atomic E-state index is 12.2. The number of morpholine rings is 1. The number of hydrogen-bond acceptors (Lipinski definition) is 4. The Kier molecular flexibility index (Phi) is 7.34. The first-order chi connectivity index (χ1) is 9.06. The molecular formula is C14H29N3O2. The molecule has 1 fully saturated rings. The molecule has 1 aliphatic heterocycles. The van der Waals surface area contributed by atoms with Gasteiger partial charge in [0, 0.05) is 26.2 Å². The van der Waals surface area contributed by atoms with Crippen LogP contribution in [0.15, 0.2) is 0 Å². The van der Waals surface area contributed by atoms with Gasteiger partial charge in [-0.1, -0.05) is 20.3 Å². The summed E-state index contributed by atoms with van der Waals surface area (Å²) >= 11 is 0. The van der Waals surface area contributed by atoms with Gasteiger partial charge >= 0.3 is 0 Å². The molecule has 0 aromatic heterocycles. The Labute approximate surface area is 117 Å². The normalized spacial score (nSPS) is 20.3. The van der Waals surface area contributed by atoms with Crippen molar-refractivity contribution >= 4 is 5.91 Å². The Hall–Kier alpha value is -0.650. The summed E-state index contributed by atoms with van der Waals surface area (Å²) in [5, 5.41) is 3.06. The molecule has 0 unspecified atom stereocenters. The van der Waals surface area contributed by atoms with Crippen LogP contribution in [-0.2, 0) is 9.53 Å². The molecule has 1 rings (SSSR count). The van der Waals surface area contributed by atoms with E-state index in [1.807, 2.05) is 19.0 Å². The van der Waals surface area contributed by atoms with Crippen molar-refractivity contribution in [3.63, 3.8) is 0 Å². The third-order valence-corrected chi connectivity index (χ3v) is 3.84. The predicted molar refractivity (Wildman–Crippen MR) is 77.2 cm³/mol. The van der Waals surface area contributed by atoms with Crippen molar-refractivity contribution in [1.82, 2.24) is 15.1 Å². The number of ether oxygens (including phenoxy) is 1. The van der Waals surface area contributed by atoms with Gasteiger partial charge in [0.1, 0.15) is 0 Å². The van der Waals surface area contributed by atoms with Gasteiger partial charge < -0.3 is 10.1 Å². The zero-order valence-electron chi connectivity index (χ0n) is 12.8. The molecule has 5 nitrogen and oxygen atoms in total. The van der Waals surface area contributed by atoms with Crippen LogP contribution in [-0.4, -0.2) is 75.2 Å². The summed E-state index contributed by atoms with van der Waals surface area (Å²) in [5.41, 5.74) is 0. The molecule has 0 radical (unpaired) electrons. The van der Waals surface area contributed by atoms with E-state index in [1.165, 1.54) is 0 Å². The van der Waals surface area contributed by atoms with E-state index in [0.29, 0.717) is 5.92 Å². The highest BCUT2D eigenvalue weighted by Gasteiger charge is 2.25. The Bertz CT molecular complexity index is 265. The monoisotopic (exact) mass is 271 g/mol. The summed E-state index contributed by atoms with van der Waals surface area (Å²) in [5.74, 6) is 0.519. The first kappa shape index (κ1) is 16.4. The largest absolute Gasteiger partial charge is 0.379 e. The number of carbonyl (C=O) groups excluding carboxylic acids is 1. The standard InChI is InChI=1S/C14H29N3O2/c1-5-12(2)13(16(3)4)14(18)15-6-7-17-8-10-19-11-9-17/h12-13H,5-11H2,1-4H3,(H,15,18)/t12-,13-/m0/s1. The topological polar surface area (TPSA) is 44.8 Å². The van der Waals surface area contributed by atoms with Crippen LogP contribution >= 0.6 is 0 Å². The highest BCUT2D eigenvalue weighted by Crippen LogP contribution is 2.12. The molecule has 19 heavy (non-hydrogen) atoms. The average molecular weight is 271 g/mol. The SMILES string of the molecule is CC[C@H](C)[C@@H](C(=O)NCCN1CCOCC1)N(C)C. The minimum atomic E-state index is -0.0327. The Balaban J connectivity index is 2.31. The third-order valence-electron chi connectivity index (χ3n) is 3.84. The first-order valence-corrected chi connectivity index (χ1v) is 7.30. The van der Waals surface area contributed by atoms with Gasteiger partial charge in [0.2, 0.25) is 5.91 Å². The lowest BCUT2D eigenvalue weighted by Crippen LogP contribution is -2.49. The molecule has 1 aliphatic rings. The molecular weight excluding hydrogens is 242 g/mol. The Morgan fingerprint density at radius 2 is 2.00 bits per heavy atom. The second-order valence-electron chi connectivity index (χ2n) is 5.54. The van der Waals surface area contributed by atoms with E-state index in [1.54, 1.807) is 0 Å². The van der Waals surface area contributed by atoms with E-state index in [0.717, 1.165) is 45.8 Å². The Morgan fingerprint density at radius 3 is 2.53 bits per heavy atom. The van der Waals surface area contributed by atoms with Gasteiger partial charge in [0.25, 0.3) is 0 Å². The van der Waals surface area contributed by atoms with Crippen molar-refractivity contribution in [3.05, 3.63) is 0 Å². The van der Waals surface area contributed by atoms with Gasteiger partial charge in [-0.25, -0.2) is 0 Å². The van der Waals surface area contributed by atoms with Gasteiger partial charge in [-0.15, -0.1) is 0 Å². The minimum Gasteiger partial charge on any atom is -0.379 e. The Morgan fingerprint density at radius 1 is 1.37 bits per heavy atom. The van der Waals surface area contributed by atoms with Crippen LogP contribution in [0.3, 0.4) is 0 Å². The zero-order chi connectivity index (χ0) is 14.3. The summed E-state index contributed by atoms with van der Waals surface area (Å²) in [6.45, 7) is 9.45. The smallest absolute Gasteiger partial charge is 0.237 e. The minimum absolute atomic E-state index is 0.0327. The van der Waals surface area contributed by atoms with Crippen molar-refractivity contribution < 1.29 is 9.53 Å². The van der Waals surface area contributed by atoms with Crippen LogP contribution < -0.4 is 5.32 Å². The van der Waals surface area contributed by atoms with Crippen molar-refractivity contribution in [2.45, 2.75) is 26.3 Å². The summed E-state index contributed by atoms with van der Waals surface area (Å²) in [7, 11) is 3.94. The second-order valence-corrected chi connectivity index (χ2v) is 5.54. The summed E-state index contributed by atoms with van der Waals surface area (Å²) in [4.78, 5) is 16.6. The highest BCUT2D eigenvalue weighted by molar-refractivity contribution is 5.81. The van der Waals surface area contributed by atoms with Crippen molar-refractivity contribution in [3.8, 4) is 0 Å². The molecule has 0 aromatic rings. The highest BCUT2D eigenvalue weighted by atomic mass is 16.5. The van der Waals surface area contributed by atoms with E-state index in [-0.39, 0.29) is 11.9 Å². The zero-order valence-corrected chi connectivity index (χ0v) is 12.8. The van der Waals surface area contributed by atoms with Gasteiger partial charge in [-0.2, -0.15) is 0 Å². The molecule has 1 heterocycles. The molecule has 1 amide bonds. The fraction of sp³-hybridized carbons (Fsp3) is 0.929. The van der Waals surface area contributed by atoms with E-state index in [2.05, 4.69) is 24.1 Å². The third kappa shape index (κ3) is 5.47. The quantitative estimate of drug-likeness (QED) is 0.728. The van der Waals surface area contributed by atoms with Crippen LogP contribution in [0.5, 0.6) is 0 Å². The number of carbonyl (C=O) groups is 1. The van der Waals surface area contributed by atoms with Crippen LogP contribution in [0.4, 0.5) is 0 Å². The van der Waals surface area contributed by atoms with Gasteiger partial charge in [0.15, 0.2) is 0 Å². The van der Waals surface area contributed by atoms with Crippen molar-refractivity contribution in [2.75, 3.05) is 53.5 Å². The summed E-state index contributed by atoms with van der Waals surface area (Å²) in [6, 6.07) is -0.0327. The summed E-state index contributed by atoms with van der Waals surface area (Å²) < 4.78 is 5.31. The molecule has 1 N–H and O–H groups in total. The van der Waals surface area contributed by atoms with E-state index in [9.17, 15) is 4.79 Å². The molecule has 5 heteroatoms. The van der Waals surface area contributed by atoms with Crippen molar-refractivity contribution in [1.29, 1.82) is 0 Å². The van der Waals surface area contributed by atoms with E-state index < -0.39 is 0 Å². The van der Waals surface area contributed by atoms with Crippen LogP contribution in [0.25, 0.3) is 0 Å². The van der Waals surface area contributed by atoms with Gasteiger partial charge in [0.05, 0.1) is 19.3 Å². The van der Waals surface area contributed by atoms with Gasteiger partial charge in [-0.05, 0) is 20.0 Å². The maximum Gasteiger partial charge on any atom is 0.237 e. The number of likely N-dealkylation sites (N-methyl/N-ethyl adjacent to an activating group) is 1. The van der Waals surface area contributed by atoms with Gasteiger partial charge in [-0.3, -0.25) is 14.6 Å². The molecule has 0 aliphatic carbocycles. The fourth-order valence-corrected chi connectivity index (χ4v) is 2.49. The molecule has 2 atom stereocenters. The van der Waals surface area contributed by atoms with Crippen molar-refractivity contribution in [2.24, 2.45) is 5.92 Å². The van der Waals surface area contributed by atoms with Crippen LogP contribution in [0.1, 0.15) is 20.3 Å². The van der Waals surface area contributed by atoms with Crippen LogP contribution in [0, 0.1) is 5.92 Å².